The normalized spacial score (nSPS) is 20.7. The van der Waals surface area contributed by atoms with Gasteiger partial charge in [-0.05, 0) is 51.6 Å². The maximum absolute atomic E-state index is 11.8. The van der Waals surface area contributed by atoms with Crippen LogP contribution >= 0.6 is 12.4 Å². The van der Waals surface area contributed by atoms with E-state index in [1.165, 1.54) is 12.8 Å². The molecule has 0 radical (unpaired) electrons. The molecular weight excluding hydrogens is 264 g/mol. The van der Waals surface area contributed by atoms with Crippen LogP contribution in [0.25, 0.3) is 0 Å². The highest BCUT2D eigenvalue weighted by molar-refractivity contribution is 5.85. The molecule has 5 heteroatoms. The summed E-state index contributed by atoms with van der Waals surface area (Å²) in [4.78, 5) is 11.8. The fraction of sp³-hybridized carbons (Fsp3) is 0.929. The van der Waals surface area contributed by atoms with Crippen LogP contribution in [0.5, 0.6) is 0 Å². The third-order valence-corrected chi connectivity index (χ3v) is 3.52. The first-order valence-electron chi connectivity index (χ1n) is 7.18. The first-order chi connectivity index (χ1) is 8.59. The molecule has 1 aliphatic heterocycles. The van der Waals surface area contributed by atoms with Gasteiger partial charge in [0.05, 0.1) is 12.7 Å². The van der Waals surface area contributed by atoms with E-state index in [0.717, 1.165) is 13.1 Å². The van der Waals surface area contributed by atoms with Crippen molar-refractivity contribution < 1.29 is 9.53 Å². The van der Waals surface area contributed by atoms with Crippen LogP contribution in [0, 0.1) is 11.8 Å². The molecule has 1 aliphatic rings. The molecule has 0 spiro atoms. The Morgan fingerprint density at radius 3 is 2.74 bits per heavy atom. The Kier molecular flexibility index (Phi) is 10.3. The van der Waals surface area contributed by atoms with Crippen LogP contribution in [0.1, 0.15) is 40.0 Å². The van der Waals surface area contributed by atoms with Gasteiger partial charge in [-0.15, -0.1) is 12.4 Å². The average Bonchev–Trinajstić information content (AvgIpc) is 2.35. The van der Waals surface area contributed by atoms with Crippen molar-refractivity contribution in [1.82, 2.24) is 10.6 Å². The zero-order valence-corrected chi connectivity index (χ0v) is 13.2. The Morgan fingerprint density at radius 1 is 1.42 bits per heavy atom. The van der Waals surface area contributed by atoms with Gasteiger partial charge < -0.3 is 15.4 Å². The number of hydrogen-bond acceptors (Lipinski definition) is 3. The highest BCUT2D eigenvalue weighted by Gasteiger charge is 2.21. The van der Waals surface area contributed by atoms with Crippen LogP contribution < -0.4 is 10.6 Å². The standard InChI is InChI=1S/C14H28N2O2.ClH/c1-11(2)18-8-7-16-14(17)9-12(3)13-5-4-6-15-10-13;/h11-13,15H,4-10H2,1-3H3,(H,16,17);1H. The molecule has 1 heterocycles. The van der Waals surface area contributed by atoms with E-state index in [1.807, 2.05) is 13.8 Å². The molecule has 0 aromatic carbocycles. The van der Waals surface area contributed by atoms with Gasteiger partial charge in [0.1, 0.15) is 0 Å². The number of ether oxygens (including phenoxy) is 1. The number of hydrogen-bond donors (Lipinski definition) is 2. The molecule has 114 valence electrons. The first-order valence-corrected chi connectivity index (χ1v) is 7.18. The van der Waals surface area contributed by atoms with E-state index in [9.17, 15) is 4.79 Å². The van der Waals surface area contributed by atoms with Gasteiger partial charge in [0.25, 0.3) is 0 Å². The minimum absolute atomic E-state index is 0. The lowest BCUT2D eigenvalue weighted by Crippen LogP contribution is -2.36. The molecule has 2 unspecified atom stereocenters. The van der Waals surface area contributed by atoms with Crippen molar-refractivity contribution in [3.05, 3.63) is 0 Å². The summed E-state index contributed by atoms with van der Waals surface area (Å²) in [6, 6.07) is 0. The van der Waals surface area contributed by atoms with Crippen LogP contribution in [-0.2, 0) is 9.53 Å². The summed E-state index contributed by atoms with van der Waals surface area (Å²) in [5, 5.41) is 6.33. The number of carbonyl (C=O) groups is 1. The smallest absolute Gasteiger partial charge is 0.220 e. The zero-order chi connectivity index (χ0) is 13.4. The zero-order valence-electron chi connectivity index (χ0n) is 12.4. The lowest BCUT2D eigenvalue weighted by Gasteiger charge is -2.28. The maximum atomic E-state index is 11.8. The fourth-order valence-electron chi connectivity index (χ4n) is 2.38. The summed E-state index contributed by atoms with van der Waals surface area (Å²) >= 11 is 0. The number of nitrogens with one attached hydrogen (secondary N) is 2. The van der Waals surface area contributed by atoms with Gasteiger partial charge in [-0.2, -0.15) is 0 Å². The molecule has 0 aromatic heterocycles. The highest BCUT2D eigenvalue weighted by Crippen LogP contribution is 2.22. The van der Waals surface area contributed by atoms with E-state index in [-0.39, 0.29) is 24.4 Å². The number of amides is 1. The van der Waals surface area contributed by atoms with Crippen molar-refractivity contribution in [3.8, 4) is 0 Å². The molecular formula is C14H29ClN2O2. The first kappa shape index (κ1) is 18.7. The summed E-state index contributed by atoms with van der Waals surface area (Å²) in [7, 11) is 0. The van der Waals surface area contributed by atoms with Gasteiger partial charge in [-0.1, -0.05) is 6.92 Å². The topological polar surface area (TPSA) is 50.4 Å². The minimum atomic E-state index is 0. The summed E-state index contributed by atoms with van der Waals surface area (Å²) in [6.07, 6.45) is 3.35. The number of rotatable bonds is 7. The monoisotopic (exact) mass is 292 g/mol. The summed E-state index contributed by atoms with van der Waals surface area (Å²) in [6.45, 7) is 9.59. The maximum Gasteiger partial charge on any atom is 0.220 e. The second-order valence-corrected chi connectivity index (χ2v) is 5.56. The molecule has 1 fully saturated rings. The Labute approximate surface area is 123 Å². The second kappa shape index (κ2) is 10.5. The van der Waals surface area contributed by atoms with E-state index in [4.69, 9.17) is 4.74 Å². The third-order valence-electron chi connectivity index (χ3n) is 3.52. The van der Waals surface area contributed by atoms with Gasteiger partial charge in [0.15, 0.2) is 0 Å². The van der Waals surface area contributed by atoms with Crippen LogP contribution in [0.4, 0.5) is 0 Å². The second-order valence-electron chi connectivity index (χ2n) is 5.56. The van der Waals surface area contributed by atoms with Crippen molar-refractivity contribution in [2.45, 2.75) is 46.1 Å². The van der Waals surface area contributed by atoms with Crippen LogP contribution in [0.3, 0.4) is 0 Å². The van der Waals surface area contributed by atoms with Crippen molar-refractivity contribution in [1.29, 1.82) is 0 Å². The lowest BCUT2D eigenvalue weighted by molar-refractivity contribution is -0.122. The Morgan fingerprint density at radius 2 is 2.16 bits per heavy atom. The van der Waals surface area contributed by atoms with E-state index in [1.54, 1.807) is 0 Å². The molecule has 0 aliphatic carbocycles. The summed E-state index contributed by atoms with van der Waals surface area (Å²) < 4.78 is 5.39. The molecule has 2 N–H and O–H groups in total. The summed E-state index contributed by atoms with van der Waals surface area (Å²) in [5.41, 5.74) is 0. The van der Waals surface area contributed by atoms with Gasteiger partial charge in [-0.3, -0.25) is 4.79 Å². The van der Waals surface area contributed by atoms with Crippen molar-refractivity contribution >= 4 is 18.3 Å². The Bertz CT molecular complexity index is 244. The largest absolute Gasteiger partial charge is 0.377 e. The Balaban J connectivity index is 0.00000324. The molecule has 2 atom stereocenters. The predicted octanol–water partition coefficient (Wildman–Crippen LogP) is 1.98. The minimum Gasteiger partial charge on any atom is -0.377 e. The number of halogens is 1. The lowest BCUT2D eigenvalue weighted by atomic mass is 9.85. The number of carbonyl (C=O) groups excluding carboxylic acids is 1. The molecule has 0 aromatic rings. The van der Waals surface area contributed by atoms with Gasteiger partial charge in [-0.25, -0.2) is 0 Å². The SMILES string of the molecule is CC(C)OCCNC(=O)CC(C)C1CCCNC1.Cl. The van der Waals surface area contributed by atoms with Gasteiger partial charge >= 0.3 is 0 Å². The predicted molar refractivity (Wildman–Crippen MR) is 80.7 cm³/mol. The van der Waals surface area contributed by atoms with E-state index >= 15 is 0 Å². The van der Waals surface area contributed by atoms with Gasteiger partial charge in [0, 0.05) is 13.0 Å². The van der Waals surface area contributed by atoms with Crippen LogP contribution in [-0.4, -0.2) is 38.3 Å². The van der Waals surface area contributed by atoms with Gasteiger partial charge in [0.2, 0.25) is 5.91 Å². The van der Waals surface area contributed by atoms with Crippen LogP contribution in [0.15, 0.2) is 0 Å². The highest BCUT2D eigenvalue weighted by atomic mass is 35.5. The molecule has 1 amide bonds. The number of piperidine rings is 1. The van der Waals surface area contributed by atoms with E-state index < -0.39 is 0 Å². The van der Waals surface area contributed by atoms with Crippen molar-refractivity contribution in [2.24, 2.45) is 11.8 Å². The molecule has 0 saturated carbocycles. The third kappa shape index (κ3) is 8.45. The van der Waals surface area contributed by atoms with E-state index in [0.29, 0.717) is 31.4 Å². The molecule has 1 saturated heterocycles. The molecule has 19 heavy (non-hydrogen) atoms. The van der Waals surface area contributed by atoms with Crippen molar-refractivity contribution in [2.75, 3.05) is 26.2 Å². The van der Waals surface area contributed by atoms with Crippen LogP contribution in [0.2, 0.25) is 0 Å². The molecule has 4 nitrogen and oxygen atoms in total. The Hall–Kier alpha value is -0.320. The summed E-state index contributed by atoms with van der Waals surface area (Å²) in [5.74, 6) is 1.26. The van der Waals surface area contributed by atoms with Crippen molar-refractivity contribution in [3.63, 3.8) is 0 Å². The molecule has 1 rings (SSSR count). The molecule has 0 bridgehead atoms. The average molecular weight is 293 g/mol. The van der Waals surface area contributed by atoms with E-state index in [2.05, 4.69) is 17.6 Å². The quantitative estimate of drug-likeness (QED) is 0.706. The fourth-order valence-corrected chi connectivity index (χ4v) is 2.38.